The van der Waals surface area contributed by atoms with E-state index >= 15 is 0 Å². The minimum atomic E-state index is -1.21. The van der Waals surface area contributed by atoms with Crippen molar-refractivity contribution in [2.24, 2.45) is 10.2 Å². The number of aromatic amines is 1. The second-order valence-corrected chi connectivity index (χ2v) is 9.68. The molecule has 4 amide bonds. The van der Waals surface area contributed by atoms with Crippen LogP contribution in [0.2, 0.25) is 0 Å². The molecule has 1 aromatic carbocycles. The highest BCUT2D eigenvalue weighted by Crippen LogP contribution is 2.29. The van der Waals surface area contributed by atoms with Crippen LogP contribution in [0.1, 0.15) is 33.3 Å². The first-order chi connectivity index (χ1) is 19.5. The van der Waals surface area contributed by atoms with Crippen molar-refractivity contribution in [2.75, 3.05) is 19.0 Å². The number of fused-ring (bicyclic) bond motifs is 1. The fourth-order valence-electron chi connectivity index (χ4n) is 3.34. The molecule has 0 aliphatic carbocycles. The topological polar surface area (TPSA) is 198 Å². The Morgan fingerprint density at radius 3 is 2.37 bits per heavy atom. The fourth-order valence-corrected chi connectivity index (χ4v) is 3.34. The van der Waals surface area contributed by atoms with Crippen molar-refractivity contribution in [2.45, 2.75) is 52.0 Å². The number of benzene rings is 1. The van der Waals surface area contributed by atoms with Gasteiger partial charge >= 0.3 is 18.1 Å². The molecular weight excluding hydrogens is 536 g/mol. The Hall–Kier alpha value is -4.92. The number of anilines is 1. The number of hydrogen-bond donors (Lipinski definition) is 4. The minimum absolute atomic E-state index is 0.0130. The fraction of sp³-hybridized carbons (Fsp3) is 0.385. The van der Waals surface area contributed by atoms with Crippen LogP contribution in [-0.2, 0) is 30.4 Å². The van der Waals surface area contributed by atoms with E-state index in [0.29, 0.717) is 0 Å². The quantitative estimate of drug-likeness (QED) is 0.209. The number of methoxy groups -OCH3 is 1. The third kappa shape index (κ3) is 9.35. The zero-order valence-electron chi connectivity index (χ0n) is 23.3. The number of rotatable bonds is 10. The van der Waals surface area contributed by atoms with Gasteiger partial charge in [0, 0.05) is 12.4 Å². The second kappa shape index (κ2) is 13.9. The number of ether oxygens (including phenoxy) is 3. The van der Waals surface area contributed by atoms with Gasteiger partial charge in [0.2, 0.25) is 0 Å². The zero-order valence-corrected chi connectivity index (χ0v) is 23.3. The van der Waals surface area contributed by atoms with Crippen molar-refractivity contribution in [3.8, 4) is 0 Å². The van der Waals surface area contributed by atoms with E-state index in [1.165, 1.54) is 26.4 Å². The van der Waals surface area contributed by atoms with E-state index in [-0.39, 0.29) is 35.9 Å². The van der Waals surface area contributed by atoms with Crippen LogP contribution in [0, 0.1) is 0 Å². The highest BCUT2D eigenvalue weighted by molar-refractivity contribution is 6.02. The molecule has 0 bridgehead atoms. The molecule has 0 fully saturated rings. The van der Waals surface area contributed by atoms with Crippen molar-refractivity contribution in [1.29, 1.82) is 0 Å². The molecule has 0 saturated carbocycles. The van der Waals surface area contributed by atoms with Crippen LogP contribution < -0.4 is 16.0 Å². The lowest BCUT2D eigenvalue weighted by molar-refractivity contribution is -0.142. The zero-order chi connectivity index (χ0) is 30.0. The summed E-state index contributed by atoms with van der Waals surface area (Å²) in [7, 11) is 1.20. The molecule has 4 N–H and O–H groups in total. The molecule has 41 heavy (non-hydrogen) atoms. The lowest BCUT2D eigenvalue weighted by atomic mass is 10.2. The minimum Gasteiger partial charge on any atom is -0.467 e. The van der Waals surface area contributed by atoms with E-state index < -0.39 is 41.7 Å². The number of alkyl carbamates (subject to hydrolysis) is 1. The normalized spacial score (nSPS) is 12.9. The molecule has 15 heteroatoms. The summed E-state index contributed by atoms with van der Waals surface area (Å²) in [5.74, 6) is -1.35. The van der Waals surface area contributed by atoms with Gasteiger partial charge in [-0.05, 0) is 33.3 Å². The van der Waals surface area contributed by atoms with Gasteiger partial charge in [-0.3, -0.25) is 10.1 Å². The van der Waals surface area contributed by atoms with Crippen LogP contribution in [0.4, 0.5) is 21.2 Å². The monoisotopic (exact) mass is 568 g/mol. The average molecular weight is 569 g/mol. The molecule has 0 unspecified atom stereocenters. The maximum atomic E-state index is 13.0. The van der Waals surface area contributed by atoms with Crippen molar-refractivity contribution in [1.82, 2.24) is 25.6 Å². The Morgan fingerprint density at radius 2 is 1.71 bits per heavy atom. The predicted octanol–water partition coefficient (Wildman–Crippen LogP) is 3.36. The van der Waals surface area contributed by atoms with Gasteiger partial charge in [-0.15, -0.1) is 10.2 Å². The van der Waals surface area contributed by atoms with E-state index in [4.69, 9.17) is 9.47 Å². The van der Waals surface area contributed by atoms with E-state index in [1.807, 2.05) is 30.3 Å². The van der Waals surface area contributed by atoms with Gasteiger partial charge in [0.05, 0.1) is 20.3 Å². The van der Waals surface area contributed by atoms with E-state index in [1.54, 1.807) is 20.8 Å². The van der Waals surface area contributed by atoms with Gasteiger partial charge in [0.15, 0.2) is 5.82 Å². The molecule has 0 aliphatic rings. The largest absolute Gasteiger partial charge is 0.467 e. The number of carbonyl (C=O) groups is 4. The summed E-state index contributed by atoms with van der Waals surface area (Å²) < 4.78 is 15.5. The molecule has 3 rings (SSSR count). The summed E-state index contributed by atoms with van der Waals surface area (Å²) in [5, 5.41) is 15.1. The summed E-state index contributed by atoms with van der Waals surface area (Å²) in [4.78, 5) is 60.5. The second-order valence-electron chi connectivity index (χ2n) is 9.68. The van der Waals surface area contributed by atoms with Crippen LogP contribution in [0.15, 0.2) is 53.0 Å². The highest BCUT2D eigenvalue weighted by Gasteiger charge is 2.25. The van der Waals surface area contributed by atoms with Gasteiger partial charge in [-0.2, -0.15) is 0 Å². The average Bonchev–Trinajstić information content (AvgIpc) is 3.27. The molecule has 3 aromatic rings. The first-order valence-corrected chi connectivity index (χ1v) is 12.5. The lowest BCUT2D eigenvalue weighted by Crippen LogP contribution is -2.45. The van der Waals surface area contributed by atoms with Crippen LogP contribution in [0.25, 0.3) is 11.0 Å². The standard InChI is InChI=1S/C26H32N8O7/c1-15(23(36)39-5)29-24(37)32-20-18-19(28-12-11-27-18)21(31-20)33-34-22(35)17(30-25(38)41-26(2,3)4)14-40-13-16-9-7-6-8-10-16/h6-12,15,17,31H,13-14H2,1-5H3,(H,30,38)(H2,29,32,37)/t15-,17-/m0/s1. The number of nitrogens with zero attached hydrogens (tertiary/aromatic N) is 4. The Labute approximate surface area is 235 Å². The maximum absolute atomic E-state index is 13.0. The number of nitrogens with one attached hydrogen (secondary N) is 4. The lowest BCUT2D eigenvalue weighted by Gasteiger charge is -2.22. The number of azo groups is 1. The van der Waals surface area contributed by atoms with Gasteiger partial charge in [-0.1, -0.05) is 30.3 Å². The van der Waals surface area contributed by atoms with Crippen molar-refractivity contribution in [3.05, 3.63) is 48.3 Å². The number of urea groups is 1. The van der Waals surface area contributed by atoms with Gasteiger partial charge in [0.1, 0.15) is 34.5 Å². The third-order valence-corrected chi connectivity index (χ3v) is 5.18. The van der Waals surface area contributed by atoms with Gasteiger partial charge < -0.3 is 29.8 Å². The Kier molecular flexibility index (Phi) is 10.4. The molecule has 2 heterocycles. The summed E-state index contributed by atoms with van der Waals surface area (Å²) in [6.07, 6.45) is 1.96. The first kappa shape index (κ1) is 30.6. The number of esters is 1. The van der Waals surface area contributed by atoms with Crippen molar-refractivity contribution in [3.63, 3.8) is 0 Å². The molecule has 218 valence electrons. The Morgan fingerprint density at radius 1 is 1.02 bits per heavy atom. The molecule has 2 atom stereocenters. The van der Waals surface area contributed by atoms with Crippen LogP contribution in [0.3, 0.4) is 0 Å². The Bertz CT molecular complexity index is 1400. The summed E-state index contributed by atoms with van der Waals surface area (Å²) >= 11 is 0. The molecule has 0 spiro atoms. The van der Waals surface area contributed by atoms with Crippen molar-refractivity contribution >= 4 is 46.7 Å². The highest BCUT2D eigenvalue weighted by atomic mass is 16.6. The van der Waals surface area contributed by atoms with Crippen molar-refractivity contribution < 1.29 is 33.4 Å². The van der Waals surface area contributed by atoms with Gasteiger partial charge in [-0.25, -0.2) is 24.4 Å². The third-order valence-electron chi connectivity index (χ3n) is 5.18. The molecule has 15 nitrogen and oxygen atoms in total. The van der Waals surface area contributed by atoms with Crippen LogP contribution in [-0.4, -0.2) is 70.4 Å². The molecule has 0 saturated heterocycles. The summed E-state index contributed by atoms with van der Waals surface area (Å²) in [5.41, 5.74) is 0.511. The van der Waals surface area contributed by atoms with Gasteiger partial charge in [0.25, 0.3) is 5.91 Å². The summed E-state index contributed by atoms with van der Waals surface area (Å²) in [6, 6.07) is 6.43. The SMILES string of the molecule is COC(=O)[C@H](C)NC(=O)Nc1[nH]c(N=NC(=O)[C@H](COCc2ccccc2)NC(=O)OC(C)(C)C)c2nccnc12. The van der Waals surface area contributed by atoms with E-state index in [2.05, 4.69) is 45.9 Å². The number of hydrogen-bond acceptors (Lipinski definition) is 10. The van der Waals surface area contributed by atoms with Crippen LogP contribution in [0.5, 0.6) is 0 Å². The summed E-state index contributed by atoms with van der Waals surface area (Å²) in [6.45, 7) is 6.51. The smallest absolute Gasteiger partial charge is 0.408 e. The number of carbonyl (C=O) groups excluding carboxylic acids is 4. The van der Waals surface area contributed by atoms with E-state index in [0.717, 1.165) is 5.56 Å². The molecule has 2 aromatic heterocycles. The number of amides is 4. The van der Waals surface area contributed by atoms with Crippen LogP contribution >= 0.6 is 0 Å². The maximum Gasteiger partial charge on any atom is 0.408 e. The first-order valence-electron chi connectivity index (χ1n) is 12.5. The number of H-pyrrole nitrogens is 1. The molecule has 0 radical (unpaired) electrons. The van der Waals surface area contributed by atoms with E-state index in [9.17, 15) is 19.2 Å². The number of aromatic nitrogens is 3. The molecular formula is C26H32N8O7. The molecule has 0 aliphatic heterocycles. The predicted molar refractivity (Wildman–Crippen MR) is 146 cm³/mol. The Balaban J connectivity index is 1.76.